The number of amides is 2. The number of ether oxygens (including phenoxy) is 2. The number of carbonyl (C=O) groups is 1. The van der Waals surface area contributed by atoms with E-state index in [0.717, 1.165) is 5.56 Å². The predicted molar refractivity (Wildman–Crippen MR) is 91.6 cm³/mol. The number of carbonyl (C=O) groups excluding carboxylic acids is 1. The van der Waals surface area contributed by atoms with Crippen LogP contribution < -0.4 is 19.7 Å². The number of nitrogens with zero attached hydrogens (tertiary/aromatic N) is 3. The maximum Gasteiger partial charge on any atom is 0.422 e. The summed E-state index contributed by atoms with van der Waals surface area (Å²) >= 11 is 1.25. The molecule has 0 aliphatic rings. The molecule has 0 aromatic carbocycles. The quantitative estimate of drug-likeness (QED) is 0.669. The van der Waals surface area contributed by atoms with Gasteiger partial charge in [-0.2, -0.15) is 36.3 Å². The fourth-order valence-electron chi connectivity index (χ4n) is 1.90. The van der Waals surface area contributed by atoms with Crippen LogP contribution in [-0.2, 0) is 0 Å². The minimum absolute atomic E-state index is 0.570. The Kier molecular flexibility index (Phi) is 6.77. The van der Waals surface area contributed by atoms with Crippen LogP contribution in [0.15, 0.2) is 17.5 Å². The predicted octanol–water partition coefficient (Wildman–Crippen LogP) is 4.40. The lowest BCUT2D eigenvalue weighted by Gasteiger charge is -2.17. The van der Waals surface area contributed by atoms with Crippen molar-refractivity contribution in [2.45, 2.75) is 19.3 Å². The Morgan fingerprint density at radius 1 is 1.10 bits per heavy atom. The molecule has 2 heterocycles. The molecule has 2 aromatic heterocycles. The molecule has 0 spiro atoms. The van der Waals surface area contributed by atoms with Crippen LogP contribution in [0.4, 0.5) is 42.1 Å². The first kappa shape index (κ1) is 22.5. The van der Waals surface area contributed by atoms with Crippen molar-refractivity contribution in [3.05, 3.63) is 23.1 Å². The third kappa shape index (κ3) is 7.29. The Morgan fingerprint density at radius 3 is 2.03 bits per heavy atom. The number of aromatic nitrogens is 2. The van der Waals surface area contributed by atoms with Gasteiger partial charge in [0.1, 0.15) is 5.00 Å². The highest BCUT2D eigenvalue weighted by atomic mass is 32.1. The summed E-state index contributed by atoms with van der Waals surface area (Å²) < 4.78 is 82.8. The van der Waals surface area contributed by atoms with Crippen LogP contribution in [0.3, 0.4) is 0 Å². The molecule has 2 amide bonds. The van der Waals surface area contributed by atoms with Gasteiger partial charge in [-0.3, -0.25) is 10.2 Å². The molecule has 1 N–H and O–H groups in total. The molecule has 0 aliphatic carbocycles. The van der Waals surface area contributed by atoms with Gasteiger partial charge in [0.25, 0.3) is 0 Å². The van der Waals surface area contributed by atoms with E-state index < -0.39 is 49.3 Å². The molecule has 0 saturated heterocycles. The highest BCUT2D eigenvalue weighted by molar-refractivity contribution is 7.14. The highest BCUT2D eigenvalue weighted by Gasteiger charge is 2.30. The van der Waals surface area contributed by atoms with Crippen molar-refractivity contribution in [2.24, 2.45) is 0 Å². The fourth-order valence-corrected chi connectivity index (χ4v) is 2.80. The van der Waals surface area contributed by atoms with E-state index in [-0.39, 0.29) is 0 Å². The molecule has 7 nitrogen and oxygen atoms in total. The van der Waals surface area contributed by atoms with Crippen LogP contribution in [0.1, 0.15) is 5.56 Å². The van der Waals surface area contributed by atoms with E-state index in [9.17, 15) is 31.1 Å². The Morgan fingerprint density at radius 2 is 1.62 bits per heavy atom. The van der Waals surface area contributed by atoms with Crippen LogP contribution >= 0.6 is 11.3 Å². The molecule has 0 saturated carbocycles. The van der Waals surface area contributed by atoms with Crippen LogP contribution in [0, 0.1) is 6.92 Å². The maximum atomic E-state index is 12.3. The van der Waals surface area contributed by atoms with E-state index in [1.807, 2.05) is 0 Å². The zero-order chi connectivity index (χ0) is 21.8. The number of aryl methyl sites for hydroxylation is 1. The van der Waals surface area contributed by atoms with E-state index in [2.05, 4.69) is 24.8 Å². The second-order valence-electron chi connectivity index (χ2n) is 5.57. The summed E-state index contributed by atoms with van der Waals surface area (Å²) in [7, 11) is 1.42. The van der Waals surface area contributed by atoms with Crippen molar-refractivity contribution in [3.8, 4) is 11.8 Å². The Bertz CT molecular complexity index is 819. The molecule has 0 atom stereocenters. The minimum Gasteiger partial charge on any atom is -0.468 e. The summed E-state index contributed by atoms with van der Waals surface area (Å²) in [5.41, 5.74) is 0.782. The summed E-state index contributed by atoms with van der Waals surface area (Å²) in [6, 6.07) is 1.64. The van der Waals surface area contributed by atoms with Crippen molar-refractivity contribution >= 4 is 28.3 Å². The van der Waals surface area contributed by atoms with Gasteiger partial charge in [0, 0.05) is 7.05 Å². The van der Waals surface area contributed by atoms with Gasteiger partial charge in [-0.1, -0.05) is 0 Å². The number of hydrogen-bond donors (Lipinski definition) is 1. The monoisotopic (exact) mass is 444 g/mol. The Balaban J connectivity index is 2.21. The number of alkyl halides is 6. The fraction of sp³-hybridized carbons (Fsp3) is 0.400. The standard InChI is InChI=1S/C15H14F6N4O3S/c1-8-3-4-29-11(8)25(2)13(26)24-12-22-9(27-6-14(16,17)18)5-10(23-12)28-7-15(19,20)21/h3-5H,6-7H2,1-2H3,(H,22,23,24,26). The summed E-state index contributed by atoms with van der Waals surface area (Å²) in [6.45, 7) is -1.74. The van der Waals surface area contributed by atoms with Gasteiger partial charge < -0.3 is 9.47 Å². The number of thiophene rings is 1. The first-order chi connectivity index (χ1) is 13.3. The number of hydrogen-bond acceptors (Lipinski definition) is 6. The number of nitrogens with one attached hydrogen (secondary N) is 1. The first-order valence-corrected chi connectivity index (χ1v) is 8.59. The van der Waals surface area contributed by atoms with Gasteiger partial charge in [0.2, 0.25) is 17.7 Å². The highest BCUT2D eigenvalue weighted by Crippen LogP contribution is 2.27. The molecule has 0 fully saturated rings. The van der Waals surface area contributed by atoms with Crippen LogP contribution in [0.2, 0.25) is 0 Å². The van der Waals surface area contributed by atoms with E-state index in [4.69, 9.17) is 0 Å². The lowest BCUT2D eigenvalue weighted by Crippen LogP contribution is -2.31. The molecule has 0 aliphatic heterocycles. The molecule has 160 valence electrons. The molecule has 2 rings (SSSR count). The summed E-state index contributed by atoms with van der Waals surface area (Å²) in [6.07, 6.45) is -9.42. The van der Waals surface area contributed by atoms with Crippen molar-refractivity contribution in [1.29, 1.82) is 0 Å². The number of halogens is 6. The van der Waals surface area contributed by atoms with Gasteiger partial charge in [0.15, 0.2) is 13.2 Å². The van der Waals surface area contributed by atoms with Gasteiger partial charge in [-0.25, -0.2) is 4.79 Å². The Labute approximate surface area is 164 Å². The number of rotatable bonds is 6. The molecule has 0 bridgehead atoms. The molecular formula is C15H14F6N4O3S. The van der Waals surface area contributed by atoms with Crippen molar-refractivity contribution in [1.82, 2.24) is 9.97 Å². The zero-order valence-electron chi connectivity index (χ0n) is 14.9. The third-order valence-electron chi connectivity index (χ3n) is 3.11. The average molecular weight is 444 g/mol. The van der Waals surface area contributed by atoms with Gasteiger partial charge >= 0.3 is 18.4 Å². The normalized spacial score (nSPS) is 11.9. The first-order valence-electron chi connectivity index (χ1n) is 7.71. The van der Waals surface area contributed by atoms with E-state index in [1.165, 1.54) is 23.3 Å². The van der Waals surface area contributed by atoms with Gasteiger partial charge in [-0.05, 0) is 23.9 Å². The molecule has 2 aromatic rings. The van der Waals surface area contributed by atoms with Gasteiger partial charge in [-0.15, -0.1) is 11.3 Å². The summed E-state index contributed by atoms with van der Waals surface area (Å²) in [5.74, 6) is -2.03. The number of anilines is 2. The topological polar surface area (TPSA) is 76.6 Å². The average Bonchev–Trinajstić information content (AvgIpc) is 3.02. The molecule has 29 heavy (non-hydrogen) atoms. The van der Waals surface area contributed by atoms with Gasteiger partial charge in [0.05, 0.1) is 6.07 Å². The van der Waals surface area contributed by atoms with Crippen LogP contribution in [-0.4, -0.2) is 48.6 Å². The Hall–Kier alpha value is -2.77. The zero-order valence-corrected chi connectivity index (χ0v) is 15.7. The van der Waals surface area contributed by atoms with Crippen molar-refractivity contribution < 1.29 is 40.6 Å². The van der Waals surface area contributed by atoms with E-state index in [0.29, 0.717) is 11.1 Å². The second kappa shape index (κ2) is 8.71. The lowest BCUT2D eigenvalue weighted by molar-refractivity contribution is -0.154. The van der Waals surface area contributed by atoms with E-state index in [1.54, 1.807) is 18.4 Å². The summed E-state index contributed by atoms with van der Waals surface area (Å²) in [5, 5.41) is 4.49. The van der Waals surface area contributed by atoms with Crippen molar-refractivity contribution in [2.75, 3.05) is 30.5 Å². The van der Waals surface area contributed by atoms with E-state index >= 15 is 0 Å². The molecular weight excluding hydrogens is 430 g/mol. The minimum atomic E-state index is -4.71. The molecule has 14 heteroatoms. The lowest BCUT2D eigenvalue weighted by atomic mass is 10.3. The van der Waals surface area contributed by atoms with Crippen LogP contribution in [0.25, 0.3) is 0 Å². The molecule has 0 radical (unpaired) electrons. The maximum absolute atomic E-state index is 12.3. The largest absolute Gasteiger partial charge is 0.468 e. The number of urea groups is 1. The second-order valence-corrected chi connectivity index (χ2v) is 6.47. The summed E-state index contributed by atoms with van der Waals surface area (Å²) in [4.78, 5) is 20.6. The smallest absolute Gasteiger partial charge is 0.422 e. The third-order valence-corrected chi connectivity index (χ3v) is 4.20. The van der Waals surface area contributed by atoms with Crippen LogP contribution in [0.5, 0.6) is 11.8 Å². The molecule has 0 unspecified atom stereocenters. The van der Waals surface area contributed by atoms with Crippen molar-refractivity contribution in [3.63, 3.8) is 0 Å². The SMILES string of the molecule is Cc1ccsc1N(C)C(=O)Nc1nc(OCC(F)(F)F)cc(OCC(F)(F)F)n1.